The molecule has 0 fully saturated rings. The third-order valence-corrected chi connectivity index (χ3v) is 3.39. The molecule has 0 aromatic heterocycles. The molecule has 0 radical (unpaired) electrons. The summed E-state index contributed by atoms with van der Waals surface area (Å²) in [6.45, 7) is 0. The summed E-state index contributed by atoms with van der Waals surface area (Å²) < 4.78 is 5.71. The second-order valence-electron chi connectivity index (χ2n) is 5.20. The SMILES string of the molecule is O=C(N/N=C\c1ccc(Oc2ccccc2)cc1)c1ccccc1O. The Morgan fingerprint density at radius 1 is 0.880 bits per heavy atom. The van der Waals surface area contributed by atoms with Gasteiger partial charge in [0.25, 0.3) is 5.91 Å². The lowest BCUT2D eigenvalue weighted by molar-refractivity contribution is 0.0952. The van der Waals surface area contributed by atoms with Crippen molar-refractivity contribution < 1.29 is 14.6 Å². The zero-order valence-corrected chi connectivity index (χ0v) is 13.3. The third kappa shape index (κ3) is 4.45. The van der Waals surface area contributed by atoms with Crippen LogP contribution in [0.5, 0.6) is 17.2 Å². The number of para-hydroxylation sites is 2. The van der Waals surface area contributed by atoms with Crippen molar-refractivity contribution in [3.05, 3.63) is 90.0 Å². The Hall–Kier alpha value is -3.60. The number of aromatic hydroxyl groups is 1. The molecule has 0 aliphatic heterocycles. The van der Waals surface area contributed by atoms with E-state index in [0.717, 1.165) is 11.3 Å². The van der Waals surface area contributed by atoms with Crippen molar-refractivity contribution in [2.45, 2.75) is 0 Å². The van der Waals surface area contributed by atoms with Crippen molar-refractivity contribution in [2.75, 3.05) is 0 Å². The Kier molecular flexibility index (Phi) is 5.07. The molecule has 0 atom stereocenters. The van der Waals surface area contributed by atoms with Crippen molar-refractivity contribution in [3.63, 3.8) is 0 Å². The van der Waals surface area contributed by atoms with Crippen LogP contribution in [-0.2, 0) is 0 Å². The van der Waals surface area contributed by atoms with Crippen molar-refractivity contribution >= 4 is 12.1 Å². The van der Waals surface area contributed by atoms with E-state index >= 15 is 0 Å². The van der Waals surface area contributed by atoms with E-state index in [2.05, 4.69) is 10.5 Å². The molecule has 3 aromatic carbocycles. The molecule has 0 heterocycles. The first-order valence-corrected chi connectivity index (χ1v) is 7.67. The van der Waals surface area contributed by atoms with Crippen LogP contribution >= 0.6 is 0 Å². The quantitative estimate of drug-likeness (QED) is 0.549. The van der Waals surface area contributed by atoms with Gasteiger partial charge in [0.2, 0.25) is 0 Å². The van der Waals surface area contributed by atoms with Gasteiger partial charge < -0.3 is 9.84 Å². The first-order chi connectivity index (χ1) is 12.2. The molecule has 5 nitrogen and oxygen atoms in total. The second kappa shape index (κ2) is 7.79. The van der Waals surface area contributed by atoms with Gasteiger partial charge >= 0.3 is 0 Å². The molecular weight excluding hydrogens is 316 g/mol. The molecule has 0 unspecified atom stereocenters. The molecule has 0 bridgehead atoms. The molecule has 124 valence electrons. The van der Waals surface area contributed by atoms with E-state index in [0.29, 0.717) is 5.75 Å². The molecule has 2 N–H and O–H groups in total. The molecular formula is C20H16N2O3. The molecule has 0 aliphatic carbocycles. The van der Waals surface area contributed by atoms with Crippen molar-refractivity contribution in [1.29, 1.82) is 0 Å². The van der Waals surface area contributed by atoms with Gasteiger partial charge in [-0.2, -0.15) is 5.10 Å². The van der Waals surface area contributed by atoms with E-state index in [1.807, 2.05) is 54.6 Å². The zero-order chi connectivity index (χ0) is 17.5. The number of benzene rings is 3. The third-order valence-electron chi connectivity index (χ3n) is 3.39. The standard InChI is InChI=1S/C20H16N2O3/c23-19-9-5-4-8-18(19)20(24)22-21-14-15-10-12-17(13-11-15)25-16-6-2-1-3-7-16/h1-14,23H,(H,22,24)/b21-14-. The van der Waals surface area contributed by atoms with Crippen LogP contribution in [0.15, 0.2) is 84.0 Å². The van der Waals surface area contributed by atoms with E-state index in [1.165, 1.54) is 18.3 Å². The summed E-state index contributed by atoms with van der Waals surface area (Å²) >= 11 is 0. The zero-order valence-electron chi connectivity index (χ0n) is 13.3. The lowest BCUT2D eigenvalue weighted by Gasteiger charge is -2.05. The second-order valence-corrected chi connectivity index (χ2v) is 5.20. The minimum atomic E-state index is -0.474. The monoisotopic (exact) mass is 332 g/mol. The molecule has 5 heteroatoms. The largest absolute Gasteiger partial charge is 0.507 e. The maximum Gasteiger partial charge on any atom is 0.275 e. The topological polar surface area (TPSA) is 70.9 Å². The summed E-state index contributed by atoms with van der Waals surface area (Å²) in [5.41, 5.74) is 3.36. The van der Waals surface area contributed by atoms with E-state index in [-0.39, 0.29) is 11.3 Å². The Balaban J connectivity index is 1.59. The Morgan fingerprint density at radius 3 is 2.24 bits per heavy atom. The maximum absolute atomic E-state index is 11.9. The van der Waals surface area contributed by atoms with Crippen molar-refractivity contribution in [1.82, 2.24) is 5.43 Å². The average molecular weight is 332 g/mol. The highest BCUT2D eigenvalue weighted by molar-refractivity contribution is 5.97. The van der Waals surface area contributed by atoms with E-state index in [1.54, 1.807) is 12.1 Å². The Morgan fingerprint density at radius 2 is 1.52 bits per heavy atom. The molecule has 3 aromatic rings. The highest BCUT2D eigenvalue weighted by Crippen LogP contribution is 2.20. The number of amides is 1. The number of phenols is 1. The van der Waals surface area contributed by atoms with Crippen molar-refractivity contribution in [3.8, 4) is 17.2 Å². The van der Waals surface area contributed by atoms with Gasteiger partial charge in [-0.3, -0.25) is 4.79 Å². The first kappa shape index (κ1) is 16.3. The lowest BCUT2D eigenvalue weighted by atomic mass is 10.2. The van der Waals surface area contributed by atoms with Gasteiger partial charge in [0.15, 0.2) is 0 Å². The number of carbonyl (C=O) groups is 1. The predicted octanol–water partition coefficient (Wildman–Crippen LogP) is 3.95. The first-order valence-electron chi connectivity index (χ1n) is 7.67. The predicted molar refractivity (Wildman–Crippen MR) is 96.1 cm³/mol. The molecule has 0 saturated carbocycles. The van der Waals surface area contributed by atoms with Crippen LogP contribution < -0.4 is 10.2 Å². The van der Waals surface area contributed by atoms with E-state index in [9.17, 15) is 9.90 Å². The van der Waals surface area contributed by atoms with Gasteiger partial charge in [-0.15, -0.1) is 0 Å². The number of ether oxygens (including phenoxy) is 1. The summed E-state index contributed by atoms with van der Waals surface area (Å²) in [6.07, 6.45) is 1.52. The van der Waals surface area contributed by atoms with Gasteiger partial charge in [-0.05, 0) is 54.1 Å². The minimum Gasteiger partial charge on any atom is -0.507 e. The van der Waals surface area contributed by atoms with Gasteiger partial charge in [0, 0.05) is 0 Å². The number of rotatable bonds is 5. The number of phenolic OH excluding ortho intramolecular Hbond substituents is 1. The van der Waals surface area contributed by atoms with Gasteiger partial charge in [-0.1, -0.05) is 30.3 Å². The van der Waals surface area contributed by atoms with Crippen LogP contribution in [0.2, 0.25) is 0 Å². The maximum atomic E-state index is 11.9. The Bertz CT molecular complexity index is 875. The number of carbonyl (C=O) groups excluding carboxylic acids is 1. The summed E-state index contributed by atoms with van der Waals surface area (Å²) in [7, 11) is 0. The summed E-state index contributed by atoms with van der Waals surface area (Å²) in [5.74, 6) is 0.913. The number of hydrogen-bond donors (Lipinski definition) is 2. The molecule has 0 spiro atoms. The summed E-state index contributed by atoms with van der Waals surface area (Å²) in [5, 5.41) is 13.5. The smallest absolute Gasteiger partial charge is 0.275 e. The van der Waals surface area contributed by atoms with Crippen LogP contribution in [0.25, 0.3) is 0 Å². The fourth-order valence-corrected chi connectivity index (χ4v) is 2.14. The van der Waals surface area contributed by atoms with Crippen LogP contribution in [0.3, 0.4) is 0 Å². The Labute approximate surface area is 145 Å². The molecule has 25 heavy (non-hydrogen) atoms. The van der Waals surface area contributed by atoms with Crippen molar-refractivity contribution in [2.24, 2.45) is 5.10 Å². The van der Waals surface area contributed by atoms with E-state index in [4.69, 9.17) is 4.74 Å². The summed E-state index contributed by atoms with van der Waals surface area (Å²) in [6, 6.07) is 23.1. The fourth-order valence-electron chi connectivity index (χ4n) is 2.14. The molecule has 3 rings (SSSR count). The lowest BCUT2D eigenvalue weighted by Crippen LogP contribution is -2.17. The van der Waals surface area contributed by atoms with Gasteiger partial charge in [0.1, 0.15) is 17.2 Å². The molecule has 1 amide bonds. The highest BCUT2D eigenvalue weighted by atomic mass is 16.5. The minimum absolute atomic E-state index is 0.0855. The number of hydrogen-bond acceptors (Lipinski definition) is 4. The number of hydrazone groups is 1. The van der Waals surface area contributed by atoms with Gasteiger partial charge in [-0.25, -0.2) is 5.43 Å². The fraction of sp³-hybridized carbons (Fsp3) is 0. The number of nitrogens with zero attached hydrogens (tertiary/aromatic N) is 1. The van der Waals surface area contributed by atoms with Crippen LogP contribution in [0.1, 0.15) is 15.9 Å². The highest BCUT2D eigenvalue weighted by Gasteiger charge is 2.08. The van der Waals surface area contributed by atoms with Crippen LogP contribution in [-0.4, -0.2) is 17.2 Å². The summed E-state index contributed by atoms with van der Waals surface area (Å²) in [4.78, 5) is 11.9. The van der Waals surface area contributed by atoms with Crippen LogP contribution in [0.4, 0.5) is 0 Å². The number of nitrogens with one attached hydrogen (secondary N) is 1. The normalized spacial score (nSPS) is 10.6. The molecule has 0 aliphatic rings. The average Bonchev–Trinajstić information content (AvgIpc) is 2.64. The van der Waals surface area contributed by atoms with E-state index < -0.39 is 5.91 Å². The van der Waals surface area contributed by atoms with Crippen LogP contribution in [0, 0.1) is 0 Å². The van der Waals surface area contributed by atoms with Gasteiger partial charge in [0.05, 0.1) is 11.8 Å². The molecule has 0 saturated heterocycles.